The number of anilines is 1. The van der Waals surface area contributed by atoms with E-state index in [-0.39, 0.29) is 16.4 Å². The van der Waals surface area contributed by atoms with Gasteiger partial charge >= 0.3 is 0 Å². The van der Waals surface area contributed by atoms with Crippen LogP contribution in [-0.2, 0) is 10.3 Å². The average Bonchev–Trinajstić information content (AvgIpc) is 3.49. The third-order valence-corrected chi connectivity index (χ3v) is 8.34. The van der Waals surface area contributed by atoms with Gasteiger partial charge in [0.2, 0.25) is 5.88 Å². The average molecular weight is 486 g/mol. The van der Waals surface area contributed by atoms with E-state index in [0.29, 0.717) is 41.4 Å². The number of carbonyl (C=O) groups excluding carboxylic acids is 1. The molecule has 180 valence electrons. The highest BCUT2D eigenvalue weighted by Gasteiger charge is 2.66. The van der Waals surface area contributed by atoms with Crippen LogP contribution in [0.2, 0.25) is 0 Å². The predicted octanol–water partition coefficient (Wildman–Crippen LogP) is 3.73. The molecular formula is C24H28FN5O3S. The van der Waals surface area contributed by atoms with Crippen LogP contribution in [0.25, 0.3) is 0 Å². The van der Waals surface area contributed by atoms with Gasteiger partial charge in [-0.25, -0.2) is 14.4 Å². The molecule has 0 bridgehead atoms. The smallest absolute Gasteiger partial charge is 0.275 e. The number of halogens is 1. The molecule has 1 aliphatic heterocycles. The lowest BCUT2D eigenvalue weighted by Gasteiger charge is -2.34. The number of methoxy groups -OCH3 is 1. The number of carbonyl (C=O) groups is 1. The van der Waals surface area contributed by atoms with E-state index in [1.165, 1.54) is 55.6 Å². The molecule has 2 aromatic rings. The number of hydrogen-bond donors (Lipinski definition) is 2. The Balaban J connectivity index is 1.31. The minimum atomic E-state index is -0.849. The van der Waals surface area contributed by atoms with Crippen LogP contribution in [0.1, 0.15) is 48.7 Å². The standard InChI is InChI=1S/C24H28FN5O3S/c1-23(19-9-24(19,13-32-2)34-22(26)30-23)16-8-15(6-7-17(16)25)29-21(31)18-10-28-20(11-27-18)33-12-14-4-3-5-14/h6-8,10-11,14,19H,3-5,9,12-13H2,1-2H3,(H2,26,30)(H,29,31)/t19?,23-,24-/m1/s1. The molecule has 1 aromatic carbocycles. The molecule has 2 aliphatic carbocycles. The number of fused-ring (bicyclic) bond motifs is 1. The van der Waals surface area contributed by atoms with Gasteiger partial charge in [-0.3, -0.25) is 9.79 Å². The van der Waals surface area contributed by atoms with Crippen molar-refractivity contribution in [2.24, 2.45) is 22.6 Å². The molecule has 1 unspecified atom stereocenters. The highest BCUT2D eigenvalue weighted by Crippen LogP contribution is 2.66. The number of aliphatic imine (C=N–C) groups is 1. The lowest BCUT2D eigenvalue weighted by atomic mass is 9.85. The van der Waals surface area contributed by atoms with E-state index in [9.17, 15) is 9.18 Å². The Bertz CT molecular complexity index is 1130. The van der Waals surface area contributed by atoms with Crippen molar-refractivity contribution in [1.82, 2.24) is 9.97 Å². The van der Waals surface area contributed by atoms with Crippen LogP contribution < -0.4 is 15.8 Å². The van der Waals surface area contributed by atoms with Crippen LogP contribution in [-0.4, -0.2) is 46.1 Å². The summed E-state index contributed by atoms with van der Waals surface area (Å²) in [6.45, 7) is 3.03. The summed E-state index contributed by atoms with van der Waals surface area (Å²) >= 11 is 1.50. The van der Waals surface area contributed by atoms with Crippen LogP contribution >= 0.6 is 11.8 Å². The quantitative estimate of drug-likeness (QED) is 0.586. The Morgan fingerprint density at radius 3 is 2.82 bits per heavy atom. The van der Waals surface area contributed by atoms with Gasteiger partial charge in [0, 0.05) is 24.3 Å². The normalized spacial score (nSPS) is 27.9. The number of thioether (sulfide) groups is 1. The SMILES string of the molecule is COC[C@]12CC1[C@@](C)(c1cc(NC(=O)c3cnc(OCC4CCC4)cn3)ccc1F)N=C(N)S2. The summed E-state index contributed by atoms with van der Waals surface area (Å²) in [4.78, 5) is 25.7. The maximum absolute atomic E-state index is 15.0. The van der Waals surface area contributed by atoms with Gasteiger partial charge in [-0.15, -0.1) is 0 Å². The maximum Gasteiger partial charge on any atom is 0.275 e. The number of hydrogen-bond acceptors (Lipinski definition) is 8. The second kappa shape index (κ2) is 8.81. The van der Waals surface area contributed by atoms with Gasteiger partial charge in [0.1, 0.15) is 11.5 Å². The zero-order chi connectivity index (χ0) is 23.9. The first-order chi connectivity index (χ1) is 16.3. The fraction of sp³-hybridized carbons (Fsp3) is 0.500. The fourth-order valence-corrected chi connectivity index (χ4v) is 6.34. The highest BCUT2D eigenvalue weighted by molar-refractivity contribution is 8.15. The van der Waals surface area contributed by atoms with E-state index < -0.39 is 17.3 Å². The van der Waals surface area contributed by atoms with Gasteiger partial charge in [-0.1, -0.05) is 18.2 Å². The van der Waals surface area contributed by atoms with Crippen LogP contribution in [0, 0.1) is 17.7 Å². The summed E-state index contributed by atoms with van der Waals surface area (Å²) in [6.07, 6.45) is 7.26. The summed E-state index contributed by atoms with van der Waals surface area (Å²) in [5.41, 5.74) is 6.26. The zero-order valence-corrected chi connectivity index (χ0v) is 20.0. The lowest BCUT2D eigenvalue weighted by Crippen LogP contribution is -2.37. The highest BCUT2D eigenvalue weighted by atomic mass is 32.2. The molecular weight excluding hydrogens is 457 g/mol. The number of nitrogens with one attached hydrogen (secondary N) is 1. The molecule has 3 atom stereocenters. The molecule has 1 aromatic heterocycles. The van der Waals surface area contributed by atoms with Crippen LogP contribution in [0.3, 0.4) is 0 Å². The molecule has 1 amide bonds. The van der Waals surface area contributed by atoms with Gasteiger partial charge in [0.05, 0.1) is 35.9 Å². The topological polar surface area (TPSA) is 112 Å². The van der Waals surface area contributed by atoms with Crippen molar-refractivity contribution in [3.63, 3.8) is 0 Å². The Labute approximate surface area is 201 Å². The molecule has 5 rings (SSSR count). The fourth-order valence-electron chi connectivity index (χ4n) is 4.89. The number of amides is 1. The van der Waals surface area contributed by atoms with Crippen LogP contribution in [0.4, 0.5) is 10.1 Å². The first-order valence-corrected chi connectivity index (χ1v) is 12.2. The molecule has 2 saturated carbocycles. The van der Waals surface area contributed by atoms with Gasteiger partial charge in [-0.2, -0.15) is 0 Å². The molecule has 2 heterocycles. The summed E-state index contributed by atoms with van der Waals surface area (Å²) < 4.78 is 25.8. The van der Waals surface area contributed by atoms with E-state index in [1.54, 1.807) is 13.2 Å². The number of nitrogens with zero attached hydrogens (tertiary/aromatic N) is 3. The van der Waals surface area contributed by atoms with Crippen molar-refractivity contribution in [1.29, 1.82) is 0 Å². The third kappa shape index (κ3) is 4.24. The van der Waals surface area contributed by atoms with E-state index in [2.05, 4.69) is 20.3 Å². The summed E-state index contributed by atoms with van der Waals surface area (Å²) in [5, 5.41) is 3.20. The molecule has 10 heteroatoms. The largest absolute Gasteiger partial charge is 0.476 e. The predicted molar refractivity (Wildman–Crippen MR) is 129 cm³/mol. The molecule has 0 saturated heterocycles. The molecule has 0 radical (unpaired) electrons. The zero-order valence-electron chi connectivity index (χ0n) is 19.2. The van der Waals surface area contributed by atoms with Crippen molar-refractivity contribution in [2.75, 3.05) is 25.6 Å². The molecule has 8 nitrogen and oxygen atoms in total. The van der Waals surface area contributed by atoms with E-state index >= 15 is 0 Å². The monoisotopic (exact) mass is 485 g/mol. The second-order valence-electron chi connectivity index (χ2n) is 9.45. The van der Waals surface area contributed by atoms with Gasteiger partial charge in [0.15, 0.2) is 5.17 Å². The Kier molecular flexibility index (Phi) is 5.97. The molecule has 34 heavy (non-hydrogen) atoms. The van der Waals surface area contributed by atoms with Crippen molar-refractivity contribution in [2.45, 2.75) is 42.9 Å². The van der Waals surface area contributed by atoms with E-state index in [1.807, 2.05) is 6.92 Å². The minimum Gasteiger partial charge on any atom is -0.476 e. The molecule has 3 N–H and O–H groups in total. The molecule has 0 spiro atoms. The number of rotatable bonds is 8. The van der Waals surface area contributed by atoms with Crippen LogP contribution in [0.15, 0.2) is 35.6 Å². The summed E-state index contributed by atoms with van der Waals surface area (Å²) in [5.74, 6) is 0.223. The first-order valence-electron chi connectivity index (χ1n) is 11.4. The van der Waals surface area contributed by atoms with Gasteiger partial charge in [-0.05, 0) is 50.3 Å². The van der Waals surface area contributed by atoms with E-state index in [4.69, 9.17) is 15.2 Å². The minimum absolute atomic E-state index is 0.0797. The van der Waals surface area contributed by atoms with E-state index in [0.717, 1.165) is 6.42 Å². The number of benzene rings is 1. The summed E-state index contributed by atoms with van der Waals surface area (Å²) in [6, 6.07) is 4.48. The summed E-state index contributed by atoms with van der Waals surface area (Å²) in [7, 11) is 1.65. The maximum atomic E-state index is 15.0. The van der Waals surface area contributed by atoms with Crippen molar-refractivity contribution >= 4 is 28.5 Å². The van der Waals surface area contributed by atoms with Crippen molar-refractivity contribution < 1.29 is 18.7 Å². The molecule has 3 aliphatic rings. The lowest BCUT2D eigenvalue weighted by molar-refractivity contribution is 0.102. The first kappa shape index (κ1) is 23.0. The van der Waals surface area contributed by atoms with Crippen molar-refractivity contribution in [3.8, 4) is 5.88 Å². The second-order valence-corrected chi connectivity index (χ2v) is 10.9. The van der Waals surface area contributed by atoms with Gasteiger partial charge < -0.3 is 20.5 Å². The van der Waals surface area contributed by atoms with Crippen LogP contribution in [0.5, 0.6) is 5.88 Å². The van der Waals surface area contributed by atoms with Crippen molar-refractivity contribution in [3.05, 3.63) is 47.7 Å². The number of nitrogens with two attached hydrogens (primary N) is 1. The molecule has 2 fully saturated rings. The Hall–Kier alpha value is -2.72. The third-order valence-electron chi connectivity index (χ3n) is 7.06. The van der Waals surface area contributed by atoms with Gasteiger partial charge in [0.25, 0.3) is 5.91 Å². The number of amidine groups is 1. The Morgan fingerprint density at radius 2 is 2.15 bits per heavy atom. The number of ether oxygens (including phenoxy) is 2. The number of aromatic nitrogens is 2. The Morgan fingerprint density at radius 1 is 1.32 bits per heavy atom.